The van der Waals surface area contributed by atoms with Crippen molar-refractivity contribution in [1.82, 2.24) is 15.2 Å². The van der Waals surface area contributed by atoms with Crippen LogP contribution in [-0.4, -0.2) is 49.7 Å². The predicted molar refractivity (Wildman–Crippen MR) is 85.1 cm³/mol. The first-order valence-corrected chi connectivity index (χ1v) is 7.62. The number of pyridine rings is 1. The lowest BCUT2D eigenvalue weighted by Gasteiger charge is -2.25. The summed E-state index contributed by atoms with van der Waals surface area (Å²) in [5.74, 6) is 0.774. The Morgan fingerprint density at radius 1 is 1.50 bits per heavy atom. The van der Waals surface area contributed by atoms with Gasteiger partial charge in [-0.1, -0.05) is 13.8 Å². The normalized spacial score (nSPS) is 19.8. The van der Waals surface area contributed by atoms with E-state index in [1.165, 1.54) is 30.8 Å². The zero-order chi connectivity index (χ0) is 14.5. The van der Waals surface area contributed by atoms with Crippen LogP contribution in [0, 0.1) is 5.92 Å². The SMILES string of the molecule is CC(C)NCc1ccncc1N(C)CC1CCN(C)C1. The third kappa shape index (κ3) is 4.18. The summed E-state index contributed by atoms with van der Waals surface area (Å²) >= 11 is 0. The van der Waals surface area contributed by atoms with E-state index in [0.717, 1.165) is 19.0 Å². The van der Waals surface area contributed by atoms with Crippen LogP contribution in [0.5, 0.6) is 0 Å². The third-order valence-corrected chi connectivity index (χ3v) is 4.02. The molecule has 1 saturated heterocycles. The fourth-order valence-electron chi connectivity index (χ4n) is 2.88. The molecule has 1 fully saturated rings. The van der Waals surface area contributed by atoms with Crippen molar-refractivity contribution in [3.63, 3.8) is 0 Å². The van der Waals surface area contributed by atoms with Gasteiger partial charge in [-0.05, 0) is 37.6 Å². The summed E-state index contributed by atoms with van der Waals surface area (Å²) in [6.07, 6.45) is 5.19. The summed E-state index contributed by atoms with van der Waals surface area (Å²) in [5.41, 5.74) is 2.60. The maximum atomic E-state index is 4.30. The van der Waals surface area contributed by atoms with Gasteiger partial charge in [-0.25, -0.2) is 0 Å². The summed E-state index contributed by atoms with van der Waals surface area (Å²) in [6.45, 7) is 8.82. The van der Waals surface area contributed by atoms with Crippen LogP contribution in [0.3, 0.4) is 0 Å². The van der Waals surface area contributed by atoms with Crippen molar-refractivity contribution in [2.24, 2.45) is 5.92 Å². The van der Waals surface area contributed by atoms with E-state index in [0.29, 0.717) is 6.04 Å². The topological polar surface area (TPSA) is 31.4 Å². The van der Waals surface area contributed by atoms with Crippen molar-refractivity contribution in [1.29, 1.82) is 0 Å². The maximum Gasteiger partial charge on any atom is 0.0595 e. The van der Waals surface area contributed by atoms with Gasteiger partial charge in [0.1, 0.15) is 0 Å². The molecular formula is C16H28N4. The molecule has 1 atom stereocenters. The highest BCUT2D eigenvalue weighted by molar-refractivity contribution is 5.51. The van der Waals surface area contributed by atoms with Gasteiger partial charge in [0, 0.05) is 38.9 Å². The highest BCUT2D eigenvalue weighted by atomic mass is 15.2. The molecule has 1 unspecified atom stereocenters. The molecule has 1 aliphatic heterocycles. The highest BCUT2D eigenvalue weighted by Crippen LogP contribution is 2.22. The molecule has 0 saturated carbocycles. The van der Waals surface area contributed by atoms with E-state index in [1.807, 2.05) is 12.4 Å². The van der Waals surface area contributed by atoms with Crippen LogP contribution < -0.4 is 10.2 Å². The Balaban J connectivity index is 1.99. The molecule has 2 heterocycles. The number of anilines is 1. The molecule has 1 aliphatic rings. The Kier molecular flexibility index (Phi) is 5.38. The molecule has 1 aromatic rings. The van der Waals surface area contributed by atoms with Gasteiger partial charge >= 0.3 is 0 Å². The van der Waals surface area contributed by atoms with Gasteiger partial charge in [0.15, 0.2) is 0 Å². The van der Waals surface area contributed by atoms with Crippen molar-refractivity contribution in [2.75, 3.05) is 38.6 Å². The van der Waals surface area contributed by atoms with Crippen molar-refractivity contribution < 1.29 is 0 Å². The summed E-state index contributed by atoms with van der Waals surface area (Å²) in [5, 5.41) is 3.50. The Morgan fingerprint density at radius 2 is 2.30 bits per heavy atom. The Hall–Kier alpha value is -1.13. The molecule has 0 radical (unpaired) electrons. The molecule has 0 aliphatic carbocycles. The van der Waals surface area contributed by atoms with E-state index in [-0.39, 0.29) is 0 Å². The number of hydrogen-bond acceptors (Lipinski definition) is 4. The molecule has 20 heavy (non-hydrogen) atoms. The van der Waals surface area contributed by atoms with Crippen molar-refractivity contribution in [3.05, 3.63) is 24.0 Å². The number of likely N-dealkylation sites (tertiary alicyclic amines) is 1. The van der Waals surface area contributed by atoms with Gasteiger partial charge in [-0.3, -0.25) is 4.98 Å². The van der Waals surface area contributed by atoms with Gasteiger partial charge < -0.3 is 15.1 Å². The second-order valence-electron chi connectivity index (χ2n) is 6.34. The lowest BCUT2D eigenvalue weighted by atomic mass is 10.1. The maximum absolute atomic E-state index is 4.30. The third-order valence-electron chi connectivity index (χ3n) is 4.02. The summed E-state index contributed by atoms with van der Waals surface area (Å²) < 4.78 is 0. The van der Waals surface area contributed by atoms with Crippen LogP contribution in [0.2, 0.25) is 0 Å². The monoisotopic (exact) mass is 276 g/mol. The van der Waals surface area contributed by atoms with Gasteiger partial charge in [0.2, 0.25) is 0 Å². The number of aromatic nitrogens is 1. The quantitative estimate of drug-likeness (QED) is 0.861. The minimum atomic E-state index is 0.504. The Bertz CT molecular complexity index is 419. The molecular weight excluding hydrogens is 248 g/mol. The fraction of sp³-hybridized carbons (Fsp3) is 0.688. The molecule has 112 valence electrons. The van der Waals surface area contributed by atoms with Crippen LogP contribution in [0.4, 0.5) is 5.69 Å². The van der Waals surface area contributed by atoms with Gasteiger partial charge in [-0.15, -0.1) is 0 Å². The zero-order valence-corrected chi connectivity index (χ0v) is 13.3. The van der Waals surface area contributed by atoms with Crippen LogP contribution in [0.15, 0.2) is 18.5 Å². The molecule has 1 N–H and O–H groups in total. The van der Waals surface area contributed by atoms with Crippen LogP contribution in [0.25, 0.3) is 0 Å². The smallest absolute Gasteiger partial charge is 0.0595 e. The first-order chi connectivity index (χ1) is 9.56. The lowest BCUT2D eigenvalue weighted by molar-refractivity contribution is 0.396. The number of nitrogens with zero attached hydrogens (tertiary/aromatic N) is 3. The fourth-order valence-corrected chi connectivity index (χ4v) is 2.88. The van der Waals surface area contributed by atoms with E-state index >= 15 is 0 Å². The number of nitrogens with one attached hydrogen (secondary N) is 1. The van der Waals surface area contributed by atoms with E-state index in [9.17, 15) is 0 Å². The summed E-state index contributed by atoms with van der Waals surface area (Å²) in [7, 11) is 4.40. The minimum absolute atomic E-state index is 0.504. The Labute approximate surface area is 123 Å². The Morgan fingerprint density at radius 3 is 2.95 bits per heavy atom. The van der Waals surface area contributed by atoms with Crippen LogP contribution in [0.1, 0.15) is 25.8 Å². The second-order valence-corrected chi connectivity index (χ2v) is 6.34. The summed E-state index contributed by atoms with van der Waals surface area (Å²) in [4.78, 5) is 9.09. The molecule has 0 spiro atoms. The summed E-state index contributed by atoms with van der Waals surface area (Å²) in [6, 6.07) is 2.63. The van der Waals surface area contributed by atoms with Gasteiger partial charge in [-0.2, -0.15) is 0 Å². The number of rotatable bonds is 6. The molecule has 1 aromatic heterocycles. The van der Waals surface area contributed by atoms with E-state index in [4.69, 9.17) is 0 Å². The van der Waals surface area contributed by atoms with E-state index < -0.39 is 0 Å². The van der Waals surface area contributed by atoms with Crippen molar-refractivity contribution in [2.45, 2.75) is 32.9 Å². The highest BCUT2D eigenvalue weighted by Gasteiger charge is 2.21. The largest absolute Gasteiger partial charge is 0.373 e. The van der Waals surface area contributed by atoms with Crippen molar-refractivity contribution >= 4 is 5.69 Å². The van der Waals surface area contributed by atoms with Crippen LogP contribution in [-0.2, 0) is 6.54 Å². The molecule has 0 amide bonds. The van der Waals surface area contributed by atoms with E-state index in [1.54, 1.807) is 0 Å². The average molecular weight is 276 g/mol. The first-order valence-electron chi connectivity index (χ1n) is 7.62. The average Bonchev–Trinajstić information content (AvgIpc) is 2.82. The molecule has 0 aromatic carbocycles. The molecule has 4 heteroatoms. The lowest BCUT2D eigenvalue weighted by Crippen LogP contribution is -2.29. The molecule has 4 nitrogen and oxygen atoms in total. The van der Waals surface area contributed by atoms with E-state index in [2.05, 4.69) is 54.1 Å². The molecule has 2 rings (SSSR count). The minimum Gasteiger partial charge on any atom is -0.373 e. The predicted octanol–water partition coefficient (Wildman–Crippen LogP) is 1.97. The second kappa shape index (κ2) is 7.04. The van der Waals surface area contributed by atoms with Crippen molar-refractivity contribution in [3.8, 4) is 0 Å². The first kappa shape index (κ1) is 15.3. The van der Waals surface area contributed by atoms with Gasteiger partial charge in [0.05, 0.1) is 11.9 Å². The van der Waals surface area contributed by atoms with Gasteiger partial charge in [0.25, 0.3) is 0 Å². The van der Waals surface area contributed by atoms with Crippen LogP contribution >= 0.6 is 0 Å². The number of hydrogen-bond donors (Lipinski definition) is 1. The zero-order valence-electron chi connectivity index (χ0n) is 13.3. The molecule has 0 bridgehead atoms. The standard InChI is InChI=1S/C16H28N4/c1-13(2)18-9-15-5-7-17-10-16(15)20(4)12-14-6-8-19(3)11-14/h5,7,10,13-14,18H,6,8-9,11-12H2,1-4H3.